The maximum atomic E-state index is 9.85. The van der Waals surface area contributed by atoms with Crippen molar-refractivity contribution in [3.63, 3.8) is 0 Å². The zero-order chi connectivity index (χ0) is 7.16. The highest BCUT2D eigenvalue weighted by Gasteiger charge is 2.71. The van der Waals surface area contributed by atoms with Gasteiger partial charge in [-0.25, -0.2) is 0 Å². The van der Waals surface area contributed by atoms with Crippen molar-refractivity contribution in [2.45, 2.75) is 25.4 Å². The van der Waals surface area contributed by atoms with Crippen LogP contribution in [0.5, 0.6) is 0 Å². The van der Waals surface area contributed by atoms with Gasteiger partial charge in [0.15, 0.2) is 0 Å². The van der Waals surface area contributed by atoms with Crippen molar-refractivity contribution < 1.29 is 5.11 Å². The van der Waals surface area contributed by atoms with Gasteiger partial charge in [0.1, 0.15) is 0 Å². The predicted molar refractivity (Wildman–Crippen MR) is 40.8 cm³/mol. The van der Waals surface area contributed by atoms with Crippen LogP contribution in [0.2, 0.25) is 0 Å². The normalized spacial score (nSPS) is 75.5. The molecule has 0 saturated heterocycles. The lowest BCUT2D eigenvalue weighted by molar-refractivity contribution is -0.0307. The van der Waals surface area contributed by atoms with E-state index in [-0.39, 0.29) is 6.10 Å². The number of rotatable bonds is 0. The molecule has 11 heavy (non-hydrogen) atoms. The first-order chi connectivity index (χ1) is 5.38. The average molecular weight is 150 g/mol. The van der Waals surface area contributed by atoms with E-state index in [2.05, 4.69) is 0 Å². The van der Waals surface area contributed by atoms with Crippen LogP contribution < -0.4 is 0 Å². The van der Waals surface area contributed by atoms with Gasteiger partial charge in [0.05, 0.1) is 6.10 Å². The van der Waals surface area contributed by atoms with E-state index in [4.69, 9.17) is 0 Å². The summed E-state index contributed by atoms with van der Waals surface area (Å²) in [5.74, 6) is 5.52. The monoisotopic (exact) mass is 150 g/mol. The Hall–Kier alpha value is -0.0400. The molecule has 4 aliphatic rings. The third-order valence-corrected chi connectivity index (χ3v) is 5.24. The fraction of sp³-hybridized carbons (Fsp3) is 1.00. The van der Waals surface area contributed by atoms with Crippen LogP contribution in [-0.2, 0) is 0 Å². The lowest BCUT2D eigenvalue weighted by Crippen LogP contribution is -2.45. The summed E-state index contributed by atoms with van der Waals surface area (Å²) in [5, 5.41) is 9.85. The van der Waals surface area contributed by atoms with E-state index in [1.807, 2.05) is 0 Å². The molecule has 0 aliphatic heterocycles. The Kier molecular flexibility index (Phi) is 0.706. The first-order valence-corrected chi connectivity index (χ1v) is 5.06. The van der Waals surface area contributed by atoms with Gasteiger partial charge in [0.25, 0.3) is 0 Å². The molecule has 1 N–H and O–H groups in total. The van der Waals surface area contributed by atoms with Crippen LogP contribution in [-0.4, -0.2) is 11.2 Å². The second-order valence-corrected chi connectivity index (χ2v) is 5.11. The van der Waals surface area contributed by atoms with Gasteiger partial charge in [-0.3, -0.25) is 0 Å². The van der Waals surface area contributed by atoms with Gasteiger partial charge in [0.2, 0.25) is 0 Å². The highest BCUT2D eigenvalue weighted by molar-refractivity contribution is 5.19. The first kappa shape index (κ1) is 5.58. The number of hydrogen-bond donors (Lipinski definition) is 1. The van der Waals surface area contributed by atoms with E-state index < -0.39 is 0 Å². The summed E-state index contributed by atoms with van der Waals surface area (Å²) in [6, 6.07) is 0. The molecule has 4 rings (SSSR count). The molecule has 0 heterocycles. The Bertz CT molecular complexity index is 211. The maximum Gasteiger partial charge on any atom is 0.0605 e. The summed E-state index contributed by atoms with van der Waals surface area (Å²) in [7, 11) is 0. The lowest BCUT2D eigenvalue weighted by atomic mass is 9.56. The largest absolute Gasteiger partial charge is 0.393 e. The van der Waals surface area contributed by atoms with Gasteiger partial charge in [0, 0.05) is 0 Å². The fourth-order valence-electron chi connectivity index (χ4n) is 5.06. The SMILES string of the molecule is O[C@@H]1[C@H]2C[C@@H]3[C@@H]4CC[C@@H]2[C@H]4[C@@H]13. The van der Waals surface area contributed by atoms with Crippen LogP contribution in [0.15, 0.2) is 0 Å². The second-order valence-electron chi connectivity index (χ2n) is 5.11. The van der Waals surface area contributed by atoms with E-state index in [9.17, 15) is 5.11 Å². The fourth-order valence-corrected chi connectivity index (χ4v) is 5.06. The molecule has 0 aromatic rings. The lowest BCUT2D eigenvalue weighted by Gasteiger charge is -2.48. The molecule has 0 aromatic carbocycles. The van der Waals surface area contributed by atoms with E-state index >= 15 is 0 Å². The average Bonchev–Trinajstić information content (AvgIpc) is 2.45. The quantitative estimate of drug-likeness (QED) is 0.551. The molecule has 0 aromatic heterocycles. The third-order valence-electron chi connectivity index (χ3n) is 5.24. The second kappa shape index (κ2) is 1.39. The smallest absolute Gasteiger partial charge is 0.0605 e. The van der Waals surface area contributed by atoms with Crippen LogP contribution >= 0.6 is 0 Å². The van der Waals surface area contributed by atoms with Gasteiger partial charge in [-0.15, -0.1) is 0 Å². The molecule has 1 heteroatoms. The Labute approximate surface area is 66.8 Å². The molecule has 7 atom stereocenters. The molecule has 0 unspecified atom stereocenters. The molecule has 60 valence electrons. The molecule has 0 amide bonds. The molecule has 1 nitrogen and oxygen atoms in total. The Morgan fingerprint density at radius 3 is 2.18 bits per heavy atom. The molecule has 4 fully saturated rings. The maximum absolute atomic E-state index is 9.85. The summed E-state index contributed by atoms with van der Waals surface area (Å²) in [6.45, 7) is 0. The Balaban J connectivity index is 1.89. The van der Waals surface area contributed by atoms with Crippen molar-refractivity contribution in [3.05, 3.63) is 0 Å². The van der Waals surface area contributed by atoms with E-state index in [1.54, 1.807) is 0 Å². The zero-order valence-corrected chi connectivity index (χ0v) is 6.61. The molecule has 2 bridgehead atoms. The molecular weight excluding hydrogens is 136 g/mol. The van der Waals surface area contributed by atoms with Crippen molar-refractivity contribution in [2.24, 2.45) is 35.5 Å². The van der Waals surface area contributed by atoms with E-state index in [1.165, 1.54) is 19.3 Å². The molecule has 4 saturated carbocycles. The van der Waals surface area contributed by atoms with Gasteiger partial charge < -0.3 is 5.11 Å². The standard InChI is InChI=1S/C10H14O/c11-10-7-3-6-4-1-2-5(7)8(4)9(6)10/h4-11H,1-3H2/t4-,5-,6+,7-,8-,9-,10+/m0/s1. The van der Waals surface area contributed by atoms with Crippen molar-refractivity contribution >= 4 is 0 Å². The minimum atomic E-state index is 0.131. The van der Waals surface area contributed by atoms with Crippen molar-refractivity contribution in [2.75, 3.05) is 0 Å². The van der Waals surface area contributed by atoms with Crippen molar-refractivity contribution in [3.8, 4) is 0 Å². The van der Waals surface area contributed by atoms with Crippen LogP contribution in [0.4, 0.5) is 0 Å². The zero-order valence-electron chi connectivity index (χ0n) is 6.61. The summed E-state index contributed by atoms with van der Waals surface area (Å²) >= 11 is 0. The highest BCUT2D eigenvalue weighted by Crippen LogP contribution is 2.74. The van der Waals surface area contributed by atoms with Crippen LogP contribution in [0.1, 0.15) is 19.3 Å². The van der Waals surface area contributed by atoms with Crippen LogP contribution in [0.25, 0.3) is 0 Å². The highest BCUT2D eigenvalue weighted by atomic mass is 16.3. The number of aliphatic hydroxyl groups is 1. The van der Waals surface area contributed by atoms with Crippen molar-refractivity contribution in [1.29, 1.82) is 0 Å². The molecule has 4 aliphatic carbocycles. The van der Waals surface area contributed by atoms with Gasteiger partial charge in [-0.1, -0.05) is 0 Å². The van der Waals surface area contributed by atoms with Gasteiger partial charge in [-0.2, -0.15) is 0 Å². The minimum Gasteiger partial charge on any atom is -0.393 e. The molecule has 0 radical (unpaired) electrons. The number of fused-ring (bicyclic) bond motifs is 3. The topological polar surface area (TPSA) is 20.2 Å². The Morgan fingerprint density at radius 1 is 0.818 bits per heavy atom. The van der Waals surface area contributed by atoms with Crippen molar-refractivity contribution in [1.82, 2.24) is 0 Å². The number of hydrogen-bond acceptors (Lipinski definition) is 1. The first-order valence-electron chi connectivity index (χ1n) is 5.06. The summed E-state index contributed by atoms with van der Waals surface area (Å²) in [4.78, 5) is 0. The Morgan fingerprint density at radius 2 is 1.55 bits per heavy atom. The summed E-state index contributed by atoms with van der Waals surface area (Å²) in [5.41, 5.74) is 0. The van der Waals surface area contributed by atoms with E-state index in [0.717, 1.165) is 35.5 Å². The van der Waals surface area contributed by atoms with Gasteiger partial charge >= 0.3 is 0 Å². The predicted octanol–water partition coefficient (Wildman–Crippen LogP) is 1.27. The minimum absolute atomic E-state index is 0.131. The van der Waals surface area contributed by atoms with Gasteiger partial charge in [-0.05, 0) is 54.8 Å². The molecule has 0 spiro atoms. The van der Waals surface area contributed by atoms with Crippen LogP contribution in [0, 0.1) is 35.5 Å². The summed E-state index contributed by atoms with van der Waals surface area (Å²) < 4.78 is 0. The third kappa shape index (κ3) is 0.376. The summed E-state index contributed by atoms with van der Waals surface area (Å²) in [6.07, 6.45) is 4.47. The number of aliphatic hydroxyl groups excluding tert-OH is 1. The van der Waals surface area contributed by atoms with Crippen LogP contribution in [0.3, 0.4) is 0 Å². The molecular formula is C10H14O. The van der Waals surface area contributed by atoms with E-state index in [0.29, 0.717) is 0 Å².